The number of carboxylic acids is 1. The second kappa shape index (κ2) is 7.52. The van der Waals surface area contributed by atoms with Crippen LogP contribution >= 0.6 is 0 Å². The van der Waals surface area contributed by atoms with Crippen molar-refractivity contribution >= 4 is 12.0 Å². The minimum atomic E-state index is -1.01. The molecule has 0 unspecified atom stereocenters. The van der Waals surface area contributed by atoms with Crippen molar-refractivity contribution in [3.63, 3.8) is 0 Å². The van der Waals surface area contributed by atoms with E-state index in [1.165, 1.54) is 0 Å². The summed E-state index contributed by atoms with van der Waals surface area (Å²) in [5.41, 5.74) is 0.879. The molecule has 0 radical (unpaired) electrons. The smallest absolute Gasteiger partial charge is 0.326 e. The maximum Gasteiger partial charge on any atom is 0.326 e. The molecule has 2 atom stereocenters. The van der Waals surface area contributed by atoms with Crippen LogP contribution in [0.15, 0.2) is 12.3 Å². The number of amides is 2. The average molecular weight is 282 g/mol. The van der Waals surface area contributed by atoms with Gasteiger partial charge in [0.25, 0.3) is 0 Å². The van der Waals surface area contributed by atoms with Crippen LogP contribution in [0.3, 0.4) is 0 Å². The number of aryl methyl sites for hydroxylation is 1. The Hall–Kier alpha value is -2.05. The lowest BCUT2D eigenvalue weighted by Crippen LogP contribution is -2.49. The summed E-state index contributed by atoms with van der Waals surface area (Å²) in [7, 11) is 1.83. The summed E-state index contributed by atoms with van der Waals surface area (Å²) in [5.74, 6) is -1.13. The van der Waals surface area contributed by atoms with Crippen molar-refractivity contribution in [1.29, 1.82) is 0 Å². The number of nitrogens with one attached hydrogen (secondary N) is 2. The van der Waals surface area contributed by atoms with Crippen molar-refractivity contribution in [3.8, 4) is 0 Å². The lowest BCUT2D eigenvalue weighted by Gasteiger charge is -2.20. The predicted octanol–water partition coefficient (Wildman–Crippen LogP) is 0.761. The minimum Gasteiger partial charge on any atom is -0.480 e. The van der Waals surface area contributed by atoms with E-state index in [1.54, 1.807) is 11.6 Å². The highest BCUT2D eigenvalue weighted by Gasteiger charge is 2.24. The molecule has 0 spiro atoms. The van der Waals surface area contributed by atoms with E-state index >= 15 is 0 Å². The molecule has 1 rings (SSSR count). The summed E-state index contributed by atoms with van der Waals surface area (Å²) in [5, 5.41) is 18.4. The van der Waals surface area contributed by atoms with Crippen LogP contribution in [0.4, 0.5) is 4.79 Å². The lowest BCUT2D eigenvalue weighted by molar-refractivity contribution is -0.140. The third-order valence-corrected chi connectivity index (χ3v) is 3.20. The van der Waals surface area contributed by atoms with Gasteiger partial charge in [0.05, 0.1) is 5.69 Å². The molecule has 112 valence electrons. The summed E-state index contributed by atoms with van der Waals surface area (Å²) < 4.78 is 1.69. The SMILES string of the molecule is CC[C@H](C)[C@H](NC(=O)NCCc1ccn(C)n1)C(=O)O. The van der Waals surface area contributed by atoms with Gasteiger partial charge in [0.2, 0.25) is 0 Å². The van der Waals surface area contributed by atoms with Crippen molar-refractivity contribution in [2.24, 2.45) is 13.0 Å². The molecular formula is C13H22N4O3. The van der Waals surface area contributed by atoms with E-state index in [0.29, 0.717) is 19.4 Å². The normalized spacial score (nSPS) is 13.6. The van der Waals surface area contributed by atoms with Crippen LogP contribution in [0.25, 0.3) is 0 Å². The number of nitrogens with zero attached hydrogens (tertiary/aromatic N) is 2. The van der Waals surface area contributed by atoms with E-state index in [2.05, 4.69) is 15.7 Å². The zero-order valence-corrected chi connectivity index (χ0v) is 12.1. The fourth-order valence-corrected chi connectivity index (χ4v) is 1.78. The van der Waals surface area contributed by atoms with Gasteiger partial charge < -0.3 is 15.7 Å². The molecule has 2 amide bonds. The van der Waals surface area contributed by atoms with Crippen molar-refractivity contribution in [3.05, 3.63) is 18.0 Å². The van der Waals surface area contributed by atoms with Crippen LogP contribution in [-0.4, -0.2) is 39.5 Å². The zero-order valence-electron chi connectivity index (χ0n) is 12.1. The molecule has 0 aliphatic rings. The highest BCUT2D eigenvalue weighted by molar-refractivity contribution is 5.82. The predicted molar refractivity (Wildman–Crippen MR) is 74.3 cm³/mol. The van der Waals surface area contributed by atoms with E-state index in [-0.39, 0.29) is 5.92 Å². The summed E-state index contributed by atoms with van der Waals surface area (Å²) in [6, 6.07) is 0.544. The lowest BCUT2D eigenvalue weighted by atomic mass is 9.99. The third-order valence-electron chi connectivity index (χ3n) is 3.20. The Morgan fingerprint density at radius 3 is 2.70 bits per heavy atom. The molecular weight excluding hydrogens is 260 g/mol. The number of aromatic nitrogens is 2. The number of carboxylic acid groups (broad SMARTS) is 1. The Morgan fingerprint density at radius 1 is 1.50 bits per heavy atom. The molecule has 0 fully saturated rings. The number of aliphatic carboxylic acids is 1. The number of rotatable bonds is 7. The van der Waals surface area contributed by atoms with E-state index in [0.717, 1.165) is 5.69 Å². The average Bonchev–Trinajstić information content (AvgIpc) is 2.80. The van der Waals surface area contributed by atoms with Gasteiger partial charge >= 0.3 is 12.0 Å². The zero-order chi connectivity index (χ0) is 15.1. The van der Waals surface area contributed by atoms with Crippen molar-refractivity contribution in [2.45, 2.75) is 32.7 Å². The monoisotopic (exact) mass is 282 g/mol. The molecule has 1 aromatic heterocycles. The number of hydrogen-bond donors (Lipinski definition) is 3. The van der Waals surface area contributed by atoms with Crippen LogP contribution in [0, 0.1) is 5.92 Å². The van der Waals surface area contributed by atoms with Gasteiger partial charge in [0, 0.05) is 26.2 Å². The van der Waals surface area contributed by atoms with Crippen LogP contribution in [-0.2, 0) is 18.3 Å². The number of hydrogen-bond acceptors (Lipinski definition) is 3. The van der Waals surface area contributed by atoms with Crippen LogP contribution in [0.5, 0.6) is 0 Å². The first-order valence-electron chi connectivity index (χ1n) is 6.69. The Labute approximate surface area is 118 Å². The van der Waals surface area contributed by atoms with Gasteiger partial charge in [-0.3, -0.25) is 4.68 Å². The first kappa shape index (κ1) is 16.0. The fourth-order valence-electron chi connectivity index (χ4n) is 1.78. The molecule has 0 saturated heterocycles. The molecule has 0 aromatic carbocycles. The standard InChI is InChI=1S/C13H22N4O3/c1-4-9(2)11(12(18)19)15-13(20)14-7-5-10-6-8-17(3)16-10/h6,8-9,11H,4-5,7H2,1-3H3,(H,18,19)(H2,14,15,20)/t9-,11-/m0/s1. The molecule has 0 bridgehead atoms. The maximum atomic E-state index is 11.7. The van der Waals surface area contributed by atoms with Gasteiger partial charge in [0.1, 0.15) is 6.04 Å². The largest absolute Gasteiger partial charge is 0.480 e. The number of carbonyl (C=O) groups is 2. The first-order chi connectivity index (χ1) is 9.43. The minimum absolute atomic E-state index is 0.117. The number of urea groups is 1. The molecule has 0 aliphatic carbocycles. The highest BCUT2D eigenvalue weighted by atomic mass is 16.4. The summed E-state index contributed by atoms with van der Waals surface area (Å²) >= 11 is 0. The van der Waals surface area contributed by atoms with Gasteiger partial charge in [-0.25, -0.2) is 9.59 Å². The van der Waals surface area contributed by atoms with Crippen molar-refractivity contribution < 1.29 is 14.7 Å². The van der Waals surface area contributed by atoms with Crippen LogP contribution in [0.2, 0.25) is 0 Å². The van der Waals surface area contributed by atoms with Crippen LogP contribution < -0.4 is 10.6 Å². The van der Waals surface area contributed by atoms with Crippen molar-refractivity contribution in [2.75, 3.05) is 6.54 Å². The van der Waals surface area contributed by atoms with E-state index in [9.17, 15) is 9.59 Å². The van der Waals surface area contributed by atoms with Gasteiger partial charge in [-0.15, -0.1) is 0 Å². The van der Waals surface area contributed by atoms with Gasteiger partial charge in [0.15, 0.2) is 0 Å². The molecule has 3 N–H and O–H groups in total. The quantitative estimate of drug-likeness (QED) is 0.688. The van der Waals surface area contributed by atoms with Gasteiger partial charge in [-0.05, 0) is 12.0 Å². The fraction of sp³-hybridized carbons (Fsp3) is 0.615. The molecule has 7 nitrogen and oxygen atoms in total. The van der Waals surface area contributed by atoms with Crippen LogP contribution in [0.1, 0.15) is 26.0 Å². The van der Waals surface area contributed by atoms with Crippen molar-refractivity contribution in [1.82, 2.24) is 20.4 Å². The summed E-state index contributed by atoms with van der Waals surface area (Å²) in [4.78, 5) is 22.7. The first-order valence-corrected chi connectivity index (χ1v) is 6.69. The molecule has 1 heterocycles. The molecule has 0 saturated carbocycles. The highest BCUT2D eigenvalue weighted by Crippen LogP contribution is 2.07. The molecule has 1 aromatic rings. The Kier molecular flexibility index (Phi) is 6.02. The Bertz CT molecular complexity index is 458. The summed E-state index contributed by atoms with van der Waals surface area (Å²) in [6.07, 6.45) is 3.12. The maximum absolute atomic E-state index is 11.7. The molecule has 20 heavy (non-hydrogen) atoms. The van der Waals surface area contributed by atoms with Gasteiger partial charge in [-0.2, -0.15) is 5.10 Å². The second-order valence-electron chi connectivity index (χ2n) is 4.83. The third kappa shape index (κ3) is 4.91. The molecule has 0 aliphatic heterocycles. The van der Waals surface area contributed by atoms with E-state index < -0.39 is 18.0 Å². The van der Waals surface area contributed by atoms with E-state index in [1.807, 2.05) is 26.2 Å². The number of carbonyl (C=O) groups excluding carboxylic acids is 1. The summed E-state index contributed by atoms with van der Waals surface area (Å²) in [6.45, 7) is 4.10. The van der Waals surface area contributed by atoms with E-state index in [4.69, 9.17) is 5.11 Å². The Balaban J connectivity index is 2.36. The molecule has 7 heteroatoms. The Morgan fingerprint density at radius 2 is 2.20 bits per heavy atom. The second-order valence-corrected chi connectivity index (χ2v) is 4.83. The van der Waals surface area contributed by atoms with Gasteiger partial charge in [-0.1, -0.05) is 20.3 Å². The topological polar surface area (TPSA) is 96.3 Å².